The minimum atomic E-state index is -2.32. The first-order valence-corrected chi connectivity index (χ1v) is 5.42. The van der Waals surface area contributed by atoms with Crippen LogP contribution in [0.4, 0.5) is 26.3 Å². The minimum absolute atomic E-state index is 0.0102. The first kappa shape index (κ1) is 14.8. The molecule has 2 nitrogen and oxygen atoms in total. The van der Waals surface area contributed by atoms with Crippen molar-refractivity contribution in [2.45, 2.75) is 6.42 Å². The van der Waals surface area contributed by atoms with E-state index in [0.29, 0.717) is 0 Å². The van der Waals surface area contributed by atoms with Gasteiger partial charge in [-0.1, -0.05) is 0 Å². The molecule has 0 bridgehead atoms. The molecule has 0 N–H and O–H groups in total. The highest BCUT2D eigenvalue weighted by atomic mass is 19.2. The second-order valence-corrected chi connectivity index (χ2v) is 3.96. The van der Waals surface area contributed by atoms with Crippen LogP contribution in [0.15, 0.2) is 12.1 Å². The van der Waals surface area contributed by atoms with Crippen molar-refractivity contribution in [3.05, 3.63) is 52.7 Å². The summed E-state index contributed by atoms with van der Waals surface area (Å²) in [4.78, 5) is 3.11. The van der Waals surface area contributed by atoms with E-state index in [1.54, 1.807) is 6.07 Å². The number of hydrogen-bond acceptors (Lipinski definition) is 2. The van der Waals surface area contributed by atoms with Crippen LogP contribution >= 0.6 is 0 Å². The molecule has 0 amide bonds. The van der Waals surface area contributed by atoms with Crippen LogP contribution in [0.5, 0.6) is 0 Å². The van der Waals surface area contributed by atoms with E-state index < -0.39 is 46.3 Å². The molecule has 0 unspecified atom stereocenters. The fourth-order valence-electron chi connectivity index (χ4n) is 1.70. The van der Waals surface area contributed by atoms with Gasteiger partial charge in [0.25, 0.3) is 0 Å². The molecule has 21 heavy (non-hydrogen) atoms. The van der Waals surface area contributed by atoms with Gasteiger partial charge in [0.1, 0.15) is 0 Å². The van der Waals surface area contributed by atoms with Crippen molar-refractivity contribution in [2.75, 3.05) is 0 Å². The summed E-state index contributed by atoms with van der Waals surface area (Å²) < 4.78 is 79.6. The molecule has 0 aliphatic rings. The lowest BCUT2D eigenvalue weighted by Gasteiger charge is -2.08. The van der Waals surface area contributed by atoms with Gasteiger partial charge < -0.3 is 0 Å². The summed E-state index contributed by atoms with van der Waals surface area (Å²) in [6.45, 7) is 0. The van der Waals surface area contributed by atoms with E-state index >= 15 is 0 Å². The molecule has 108 valence electrons. The quantitative estimate of drug-likeness (QED) is 0.367. The Balaban J connectivity index is 2.76. The highest BCUT2D eigenvalue weighted by Crippen LogP contribution is 2.31. The molecule has 1 aromatic heterocycles. The molecular weight excluding hydrogens is 298 g/mol. The smallest absolute Gasteiger partial charge is 0.213 e. The number of halogens is 6. The van der Waals surface area contributed by atoms with Crippen molar-refractivity contribution in [1.82, 2.24) is 4.98 Å². The van der Waals surface area contributed by atoms with Crippen molar-refractivity contribution >= 4 is 0 Å². The summed E-state index contributed by atoms with van der Waals surface area (Å²) in [5, 5.41) is 8.50. The molecule has 8 heteroatoms. The third kappa shape index (κ3) is 2.54. The van der Waals surface area contributed by atoms with E-state index in [0.717, 1.165) is 12.1 Å². The molecule has 2 rings (SSSR count). The Bertz CT molecular complexity index is 737. The van der Waals surface area contributed by atoms with Gasteiger partial charge in [-0.3, -0.25) is 0 Å². The average molecular weight is 302 g/mol. The molecule has 1 aromatic carbocycles. The standard InChI is InChI=1S/C13H4F6N2/c14-7-4-5(1-2-20)3-6(21-7)8-9(15)11(17)13(19)12(18)10(8)16/h3-4H,1H2. The van der Waals surface area contributed by atoms with Crippen molar-refractivity contribution < 1.29 is 26.3 Å². The number of rotatable bonds is 2. The van der Waals surface area contributed by atoms with Crippen molar-refractivity contribution in [3.8, 4) is 17.3 Å². The van der Waals surface area contributed by atoms with Gasteiger partial charge >= 0.3 is 0 Å². The lowest BCUT2D eigenvalue weighted by Crippen LogP contribution is -2.05. The Kier molecular flexibility index (Phi) is 3.84. The molecular formula is C13H4F6N2. The Morgan fingerprint density at radius 2 is 1.38 bits per heavy atom. The van der Waals surface area contributed by atoms with Crippen LogP contribution < -0.4 is 0 Å². The molecule has 0 saturated carbocycles. The van der Waals surface area contributed by atoms with Crippen LogP contribution in [-0.4, -0.2) is 4.98 Å². The van der Waals surface area contributed by atoms with Crippen molar-refractivity contribution in [2.24, 2.45) is 0 Å². The first-order valence-electron chi connectivity index (χ1n) is 5.42. The second-order valence-electron chi connectivity index (χ2n) is 3.96. The van der Waals surface area contributed by atoms with Gasteiger partial charge in [-0.15, -0.1) is 0 Å². The highest BCUT2D eigenvalue weighted by molar-refractivity contribution is 5.62. The Morgan fingerprint density at radius 1 is 0.857 bits per heavy atom. The predicted octanol–water partition coefficient (Wildman–Crippen LogP) is 3.65. The van der Waals surface area contributed by atoms with Crippen LogP contribution in [0.2, 0.25) is 0 Å². The number of hydrogen-bond donors (Lipinski definition) is 0. The molecule has 0 radical (unpaired) electrons. The maximum atomic E-state index is 13.6. The van der Waals surface area contributed by atoms with Crippen LogP contribution in [0.1, 0.15) is 5.56 Å². The van der Waals surface area contributed by atoms with Gasteiger partial charge in [-0.25, -0.2) is 26.9 Å². The topological polar surface area (TPSA) is 36.7 Å². The zero-order chi connectivity index (χ0) is 15.7. The van der Waals surface area contributed by atoms with E-state index in [1.807, 2.05) is 0 Å². The van der Waals surface area contributed by atoms with Crippen molar-refractivity contribution in [3.63, 3.8) is 0 Å². The van der Waals surface area contributed by atoms with E-state index in [9.17, 15) is 26.3 Å². The largest absolute Gasteiger partial charge is 0.219 e. The molecule has 1 heterocycles. The van der Waals surface area contributed by atoms with Gasteiger partial charge in [0.15, 0.2) is 23.3 Å². The summed E-state index contributed by atoms with van der Waals surface area (Å²) in [5.74, 6) is -12.1. The molecule has 0 fully saturated rings. The van der Waals surface area contributed by atoms with Crippen LogP contribution in [-0.2, 0) is 6.42 Å². The van der Waals surface area contributed by atoms with Gasteiger partial charge in [-0.05, 0) is 17.7 Å². The van der Waals surface area contributed by atoms with E-state index in [1.165, 1.54) is 0 Å². The lowest BCUT2D eigenvalue weighted by atomic mass is 10.1. The fourth-order valence-corrected chi connectivity index (χ4v) is 1.70. The molecule has 2 aromatic rings. The average Bonchev–Trinajstić information content (AvgIpc) is 2.43. The fraction of sp³-hybridized carbons (Fsp3) is 0.0769. The molecule has 0 aliphatic heterocycles. The van der Waals surface area contributed by atoms with Crippen LogP contribution in [0.25, 0.3) is 11.3 Å². The van der Waals surface area contributed by atoms with Gasteiger partial charge in [0, 0.05) is 0 Å². The van der Waals surface area contributed by atoms with Crippen LogP contribution in [0.3, 0.4) is 0 Å². The zero-order valence-electron chi connectivity index (χ0n) is 10.0. The number of pyridine rings is 1. The number of nitriles is 1. The third-order valence-corrected chi connectivity index (χ3v) is 2.60. The van der Waals surface area contributed by atoms with E-state index in [-0.39, 0.29) is 12.0 Å². The van der Waals surface area contributed by atoms with Gasteiger partial charge in [0.05, 0.1) is 23.7 Å². The van der Waals surface area contributed by atoms with Gasteiger partial charge in [0.2, 0.25) is 11.8 Å². The maximum Gasteiger partial charge on any atom is 0.213 e. The summed E-state index contributed by atoms with van der Waals surface area (Å²) >= 11 is 0. The third-order valence-electron chi connectivity index (χ3n) is 2.60. The first-order chi connectivity index (χ1) is 9.86. The molecule has 0 atom stereocenters. The van der Waals surface area contributed by atoms with Crippen LogP contribution in [0, 0.1) is 46.4 Å². The summed E-state index contributed by atoms with van der Waals surface area (Å²) in [7, 11) is 0. The molecule has 0 saturated heterocycles. The lowest BCUT2D eigenvalue weighted by molar-refractivity contribution is 0.381. The van der Waals surface area contributed by atoms with Gasteiger partial charge in [-0.2, -0.15) is 9.65 Å². The number of aromatic nitrogens is 1. The van der Waals surface area contributed by atoms with Crippen molar-refractivity contribution in [1.29, 1.82) is 5.26 Å². The summed E-state index contributed by atoms with van der Waals surface area (Å²) in [6, 6.07) is 3.36. The highest BCUT2D eigenvalue weighted by Gasteiger charge is 2.27. The van der Waals surface area contributed by atoms with E-state index in [2.05, 4.69) is 4.98 Å². The monoisotopic (exact) mass is 302 g/mol. The Morgan fingerprint density at radius 3 is 1.90 bits per heavy atom. The number of benzene rings is 1. The normalized spacial score (nSPS) is 10.5. The summed E-state index contributed by atoms with van der Waals surface area (Å²) in [6.07, 6.45) is -0.318. The van der Waals surface area contributed by atoms with E-state index in [4.69, 9.17) is 5.26 Å². The zero-order valence-corrected chi connectivity index (χ0v) is 10.0. The molecule has 0 aliphatic carbocycles. The Labute approximate surface area is 114 Å². The Hall–Kier alpha value is -2.56. The summed E-state index contributed by atoms with van der Waals surface area (Å²) in [5.41, 5.74) is -2.14. The second kappa shape index (κ2) is 5.44. The number of nitrogens with zero attached hydrogens (tertiary/aromatic N) is 2. The predicted molar refractivity (Wildman–Crippen MR) is 58.7 cm³/mol. The maximum absolute atomic E-state index is 13.6. The molecule has 0 spiro atoms. The minimum Gasteiger partial charge on any atom is -0.219 e. The SMILES string of the molecule is N#CCc1cc(F)nc(-c2c(F)c(F)c(F)c(F)c2F)c1.